The first-order chi connectivity index (χ1) is 9.92. The lowest BCUT2D eigenvalue weighted by Gasteiger charge is -2.07. The fourth-order valence-electron chi connectivity index (χ4n) is 1.51. The molecule has 0 amide bonds. The monoisotopic (exact) mass is 283 g/mol. The Bertz CT molecular complexity index is 604. The Morgan fingerprint density at radius 2 is 1.86 bits per heavy atom. The van der Waals surface area contributed by atoms with Gasteiger partial charge in [-0.1, -0.05) is 35.8 Å². The van der Waals surface area contributed by atoms with Crippen molar-refractivity contribution < 1.29 is 9.53 Å². The van der Waals surface area contributed by atoms with Gasteiger partial charge in [-0.25, -0.2) is 0 Å². The summed E-state index contributed by atoms with van der Waals surface area (Å²) in [7, 11) is 1.39. The van der Waals surface area contributed by atoms with Gasteiger partial charge in [0.05, 0.1) is 12.6 Å². The molecule has 0 atom stereocenters. The molecule has 3 nitrogen and oxygen atoms in total. The molecule has 3 heteroatoms. The van der Waals surface area contributed by atoms with Crippen molar-refractivity contribution in [1.82, 2.24) is 0 Å². The standard InChI is InChI=1S/C18H21NO2/c1-18(2,19)14-13-16-11-8-7-10-15(16)9-5-4-6-12-17(20)21-3/h7-8,10-11H,4,6,12,19H2,1-3H3. The highest BCUT2D eigenvalue weighted by Gasteiger charge is 2.04. The molecule has 1 aromatic rings. The Kier molecular flexibility index (Phi) is 6.53. The molecule has 0 aromatic heterocycles. The van der Waals surface area contributed by atoms with Gasteiger partial charge in [0.25, 0.3) is 0 Å². The smallest absolute Gasteiger partial charge is 0.305 e. The molecule has 0 spiro atoms. The van der Waals surface area contributed by atoms with Gasteiger partial charge in [-0.05, 0) is 32.4 Å². The van der Waals surface area contributed by atoms with Gasteiger partial charge in [0, 0.05) is 24.0 Å². The molecule has 0 fully saturated rings. The number of unbranched alkanes of at least 4 members (excludes halogenated alkanes) is 1. The summed E-state index contributed by atoms with van der Waals surface area (Å²) in [5.74, 6) is 12.0. The van der Waals surface area contributed by atoms with E-state index in [9.17, 15) is 4.79 Å². The normalized spacial score (nSPS) is 9.90. The van der Waals surface area contributed by atoms with Crippen LogP contribution in [0.25, 0.3) is 0 Å². The Morgan fingerprint density at radius 3 is 2.43 bits per heavy atom. The van der Waals surface area contributed by atoms with Gasteiger partial charge in [0.15, 0.2) is 0 Å². The molecular weight excluding hydrogens is 262 g/mol. The van der Waals surface area contributed by atoms with E-state index in [4.69, 9.17) is 5.73 Å². The number of esters is 1. The number of rotatable bonds is 3. The van der Waals surface area contributed by atoms with Crippen LogP contribution in [0.4, 0.5) is 0 Å². The van der Waals surface area contributed by atoms with Gasteiger partial charge in [0.1, 0.15) is 0 Å². The second-order valence-electron chi connectivity index (χ2n) is 5.25. The first-order valence-corrected chi connectivity index (χ1v) is 6.89. The minimum atomic E-state index is -0.527. The van der Waals surface area contributed by atoms with Gasteiger partial charge < -0.3 is 10.5 Å². The molecule has 0 saturated heterocycles. The molecule has 0 aliphatic heterocycles. The maximum absolute atomic E-state index is 11.0. The van der Waals surface area contributed by atoms with Crippen molar-refractivity contribution in [3.8, 4) is 23.7 Å². The molecule has 0 aliphatic rings. The van der Waals surface area contributed by atoms with E-state index in [-0.39, 0.29) is 5.97 Å². The molecule has 1 aromatic carbocycles. The summed E-state index contributed by atoms with van der Waals surface area (Å²) in [6, 6.07) is 7.71. The van der Waals surface area contributed by atoms with Crippen LogP contribution in [0.2, 0.25) is 0 Å². The highest BCUT2D eigenvalue weighted by molar-refractivity contribution is 5.69. The molecule has 0 saturated carbocycles. The highest BCUT2D eigenvalue weighted by atomic mass is 16.5. The third-order valence-electron chi connectivity index (χ3n) is 2.58. The number of methoxy groups -OCH3 is 1. The Morgan fingerprint density at radius 1 is 1.24 bits per heavy atom. The van der Waals surface area contributed by atoms with Crippen LogP contribution >= 0.6 is 0 Å². The second kappa shape index (κ2) is 8.15. The van der Waals surface area contributed by atoms with Crippen LogP contribution in [-0.2, 0) is 9.53 Å². The molecule has 110 valence electrons. The summed E-state index contributed by atoms with van der Waals surface area (Å²) >= 11 is 0. The quantitative estimate of drug-likeness (QED) is 0.527. The number of ether oxygens (including phenoxy) is 1. The van der Waals surface area contributed by atoms with Crippen LogP contribution < -0.4 is 5.73 Å². The van der Waals surface area contributed by atoms with E-state index >= 15 is 0 Å². The lowest BCUT2D eigenvalue weighted by atomic mass is 10.0. The number of carbonyl (C=O) groups excluding carboxylic acids is 1. The van der Waals surface area contributed by atoms with E-state index in [0.717, 1.165) is 11.1 Å². The molecule has 0 radical (unpaired) electrons. The van der Waals surface area contributed by atoms with Crippen LogP contribution in [0.1, 0.15) is 44.2 Å². The van der Waals surface area contributed by atoms with Crippen molar-refractivity contribution in [3.63, 3.8) is 0 Å². The average Bonchev–Trinajstić information content (AvgIpc) is 2.44. The lowest BCUT2D eigenvalue weighted by molar-refractivity contribution is -0.140. The van der Waals surface area contributed by atoms with E-state index < -0.39 is 5.54 Å². The average molecular weight is 283 g/mol. The fraction of sp³-hybridized carbons (Fsp3) is 0.389. The van der Waals surface area contributed by atoms with Gasteiger partial charge in [-0.2, -0.15) is 0 Å². The summed E-state index contributed by atoms with van der Waals surface area (Å²) in [6.07, 6.45) is 1.75. The summed E-state index contributed by atoms with van der Waals surface area (Å²) in [6.45, 7) is 3.72. The van der Waals surface area contributed by atoms with Crippen molar-refractivity contribution in [2.75, 3.05) is 7.11 Å². The summed E-state index contributed by atoms with van der Waals surface area (Å²) in [5, 5.41) is 0. The minimum absolute atomic E-state index is 0.201. The minimum Gasteiger partial charge on any atom is -0.469 e. The molecule has 1 rings (SSSR count). The Labute approximate surface area is 126 Å². The Balaban J connectivity index is 2.72. The summed E-state index contributed by atoms with van der Waals surface area (Å²) < 4.78 is 4.58. The van der Waals surface area contributed by atoms with Crippen molar-refractivity contribution in [3.05, 3.63) is 35.4 Å². The SMILES string of the molecule is COC(=O)CCCC#Cc1ccccc1C#CC(C)(C)N. The highest BCUT2D eigenvalue weighted by Crippen LogP contribution is 2.07. The number of hydrogen-bond acceptors (Lipinski definition) is 3. The van der Waals surface area contributed by atoms with Crippen LogP contribution in [0, 0.1) is 23.7 Å². The van der Waals surface area contributed by atoms with Crippen molar-refractivity contribution >= 4 is 5.97 Å². The summed E-state index contributed by atoms with van der Waals surface area (Å²) in [5.41, 5.74) is 7.09. The topological polar surface area (TPSA) is 52.3 Å². The number of nitrogens with two attached hydrogens (primary N) is 1. The van der Waals surface area contributed by atoms with E-state index in [1.807, 2.05) is 38.1 Å². The van der Waals surface area contributed by atoms with E-state index in [1.165, 1.54) is 7.11 Å². The first-order valence-electron chi connectivity index (χ1n) is 6.89. The van der Waals surface area contributed by atoms with E-state index in [1.54, 1.807) is 0 Å². The zero-order chi connectivity index (χ0) is 15.7. The predicted octanol–water partition coefficient (Wildman–Crippen LogP) is 2.47. The molecule has 2 N–H and O–H groups in total. The van der Waals surface area contributed by atoms with Crippen LogP contribution in [0.3, 0.4) is 0 Å². The van der Waals surface area contributed by atoms with E-state index in [0.29, 0.717) is 19.3 Å². The molecule has 0 bridgehead atoms. The van der Waals surface area contributed by atoms with Gasteiger partial charge in [0.2, 0.25) is 0 Å². The molecule has 21 heavy (non-hydrogen) atoms. The molecular formula is C18H21NO2. The third kappa shape index (κ3) is 7.20. The lowest BCUT2D eigenvalue weighted by Crippen LogP contribution is -2.29. The second-order valence-corrected chi connectivity index (χ2v) is 5.25. The maximum atomic E-state index is 11.0. The number of hydrogen-bond donors (Lipinski definition) is 1. The van der Waals surface area contributed by atoms with E-state index in [2.05, 4.69) is 28.4 Å². The maximum Gasteiger partial charge on any atom is 0.305 e. The first kappa shape index (κ1) is 16.8. The largest absolute Gasteiger partial charge is 0.469 e. The molecule has 0 heterocycles. The zero-order valence-electron chi connectivity index (χ0n) is 12.8. The van der Waals surface area contributed by atoms with Crippen molar-refractivity contribution in [2.24, 2.45) is 5.73 Å². The van der Waals surface area contributed by atoms with Crippen LogP contribution in [-0.4, -0.2) is 18.6 Å². The van der Waals surface area contributed by atoms with Crippen molar-refractivity contribution in [2.45, 2.75) is 38.6 Å². The molecule has 0 unspecified atom stereocenters. The predicted molar refractivity (Wildman–Crippen MR) is 84.3 cm³/mol. The zero-order valence-corrected chi connectivity index (χ0v) is 12.8. The summed E-state index contributed by atoms with van der Waals surface area (Å²) in [4.78, 5) is 11.0. The fourth-order valence-corrected chi connectivity index (χ4v) is 1.51. The van der Waals surface area contributed by atoms with Gasteiger partial charge in [-0.15, -0.1) is 0 Å². The molecule has 0 aliphatic carbocycles. The third-order valence-corrected chi connectivity index (χ3v) is 2.58. The number of benzene rings is 1. The van der Waals surface area contributed by atoms with Crippen LogP contribution in [0.15, 0.2) is 24.3 Å². The Hall–Kier alpha value is -2.23. The van der Waals surface area contributed by atoms with Gasteiger partial charge >= 0.3 is 5.97 Å². The van der Waals surface area contributed by atoms with Crippen LogP contribution in [0.5, 0.6) is 0 Å². The van der Waals surface area contributed by atoms with Gasteiger partial charge in [-0.3, -0.25) is 4.79 Å². The van der Waals surface area contributed by atoms with Crippen molar-refractivity contribution in [1.29, 1.82) is 0 Å². The number of carbonyl (C=O) groups is 1.